The third kappa shape index (κ3) is 1.25. The van der Waals surface area contributed by atoms with Gasteiger partial charge in [-0.15, -0.1) is 0 Å². The SMILES string of the molecule is C[C@H](c1ccccc1)N1C2CCC1(C)O2. The quantitative estimate of drug-likeness (QED) is 0.732. The second-order valence-corrected chi connectivity index (χ2v) is 4.78. The van der Waals surface area contributed by atoms with Gasteiger partial charge in [0.05, 0.1) is 0 Å². The van der Waals surface area contributed by atoms with Crippen molar-refractivity contribution in [1.29, 1.82) is 0 Å². The van der Waals surface area contributed by atoms with Gasteiger partial charge in [-0.1, -0.05) is 30.3 Å². The Labute approximate surface area is 90.8 Å². The molecular weight excluding hydrogens is 186 g/mol. The van der Waals surface area contributed by atoms with Crippen LogP contribution >= 0.6 is 0 Å². The first-order valence-corrected chi connectivity index (χ1v) is 5.72. The van der Waals surface area contributed by atoms with Crippen LogP contribution < -0.4 is 0 Å². The van der Waals surface area contributed by atoms with Crippen LogP contribution in [0.4, 0.5) is 0 Å². The van der Waals surface area contributed by atoms with E-state index in [2.05, 4.69) is 49.1 Å². The van der Waals surface area contributed by atoms with Gasteiger partial charge in [0.15, 0.2) is 0 Å². The standard InChI is InChI=1S/C13H17NO/c1-10(11-6-4-3-5-7-11)14-12-8-9-13(14,2)15-12/h3-7,10,12H,8-9H2,1-2H3/t10-,12?,13?/m1/s1. The molecule has 2 unspecified atom stereocenters. The normalized spacial score (nSPS) is 36.3. The maximum Gasteiger partial charge on any atom is 0.123 e. The van der Waals surface area contributed by atoms with E-state index in [0.717, 1.165) is 0 Å². The summed E-state index contributed by atoms with van der Waals surface area (Å²) in [4.78, 5) is 2.50. The highest BCUT2D eigenvalue weighted by atomic mass is 16.6. The lowest BCUT2D eigenvalue weighted by Crippen LogP contribution is -2.60. The topological polar surface area (TPSA) is 12.5 Å². The average Bonchev–Trinajstić information content (AvgIpc) is 2.76. The van der Waals surface area contributed by atoms with E-state index in [9.17, 15) is 0 Å². The molecular formula is C13H17NO. The molecule has 2 nitrogen and oxygen atoms in total. The van der Waals surface area contributed by atoms with Crippen molar-refractivity contribution >= 4 is 0 Å². The lowest BCUT2D eigenvalue weighted by atomic mass is 10.0. The zero-order valence-corrected chi connectivity index (χ0v) is 9.31. The Morgan fingerprint density at radius 1 is 1.40 bits per heavy atom. The molecule has 3 saturated heterocycles. The van der Waals surface area contributed by atoms with Crippen molar-refractivity contribution in [1.82, 2.24) is 4.90 Å². The van der Waals surface area contributed by atoms with E-state index in [1.165, 1.54) is 18.4 Å². The van der Waals surface area contributed by atoms with Crippen molar-refractivity contribution in [3.63, 3.8) is 0 Å². The first-order valence-electron chi connectivity index (χ1n) is 5.72. The summed E-state index contributed by atoms with van der Waals surface area (Å²) in [6.45, 7) is 4.48. The predicted molar refractivity (Wildman–Crippen MR) is 59.2 cm³/mol. The average molecular weight is 203 g/mol. The van der Waals surface area contributed by atoms with Gasteiger partial charge in [0.1, 0.15) is 12.0 Å². The first-order chi connectivity index (χ1) is 7.21. The van der Waals surface area contributed by atoms with E-state index in [-0.39, 0.29) is 5.72 Å². The van der Waals surface area contributed by atoms with E-state index < -0.39 is 0 Å². The molecule has 0 aliphatic carbocycles. The van der Waals surface area contributed by atoms with Crippen LogP contribution in [0.3, 0.4) is 0 Å². The van der Waals surface area contributed by atoms with Crippen LogP contribution in [-0.2, 0) is 4.74 Å². The van der Waals surface area contributed by atoms with Gasteiger partial charge in [0.2, 0.25) is 0 Å². The molecule has 2 heteroatoms. The molecule has 0 saturated carbocycles. The molecule has 3 fully saturated rings. The van der Waals surface area contributed by atoms with Crippen LogP contribution in [0.1, 0.15) is 38.3 Å². The Balaban J connectivity index is 1.85. The van der Waals surface area contributed by atoms with Gasteiger partial charge in [-0.25, -0.2) is 4.90 Å². The third-order valence-corrected chi connectivity index (χ3v) is 3.80. The zero-order chi connectivity index (χ0) is 10.5. The zero-order valence-electron chi connectivity index (χ0n) is 9.31. The maximum absolute atomic E-state index is 5.82. The highest BCUT2D eigenvalue weighted by Gasteiger charge is 2.57. The molecule has 80 valence electrons. The number of ether oxygens (including phenoxy) is 1. The van der Waals surface area contributed by atoms with Crippen LogP contribution in [0.15, 0.2) is 30.3 Å². The lowest BCUT2D eigenvalue weighted by Gasteiger charge is -2.52. The van der Waals surface area contributed by atoms with Crippen molar-refractivity contribution in [2.75, 3.05) is 0 Å². The van der Waals surface area contributed by atoms with Crippen molar-refractivity contribution in [2.45, 2.75) is 44.7 Å². The first kappa shape index (κ1) is 9.37. The minimum atomic E-state index is 0.0138. The Hall–Kier alpha value is -0.860. The van der Waals surface area contributed by atoms with Gasteiger partial charge in [0.25, 0.3) is 0 Å². The van der Waals surface area contributed by atoms with Crippen LogP contribution in [0.25, 0.3) is 0 Å². The highest BCUT2D eigenvalue weighted by molar-refractivity contribution is 5.20. The Morgan fingerprint density at radius 3 is 2.67 bits per heavy atom. The third-order valence-electron chi connectivity index (χ3n) is 3.80. The number of benzene rings is 1. The van der Waals surface area contributed by atoms with Gasteiger partial charge in [-0.2, -0.15) is 0 Å². The molecule has 3 atom stereocenters. The van der Waals surface area contributed by atoms with E-state index >= 15 is 0 Å². The number of fused-ring (bicyclic) bond motifs is 1. The summed E-state index contributed by atoms with van der Waals surface area (Å²) in [6.07, 6.45) is 2.73. The number of nitrogens with zero attached hydrogens (tertiary/aromatic N) is 1. The summed E-state index contributed by atoms with van der Waals surface area (Å²) in [5, 5.41) is 0. The Kier molecular flexibility index (Phi) is 1.91. The number of hydrogen-bond acceptors (Lipinski definition) is 2. The summed E-state index contributed by atoms with van der Waals surface area (Å²) in [5.74, 6) is 0. The minimum Gasteiger partial charge on any atom is -0.342 e. The van der Waals surface area contributed by atoms with Crippen molar-refractivity contribution < 1.29 is 4.74 Å². The summed E-state index contributed by atoms with van der Waals surface area (Å²) in [5.41, 5.74) is 1.40. The lowest BCUT2D eigenvalue weighted by molar-refractivity contribution is -0.315. The van der Waals surface area contributed by atoms with E-state index in [1.54, 1.807) is 0 Å². The van der Waals surface area contributed by atoms with Crippen LogP contribution in [0.2, 0.25) is 0 Å². The van der Waals surface area contributed by atoms with Gasteiger partial charge in [-0.3, -0.25) is 0 Å². The molecule has 4 rings (SSSR count). The molecule has 0 N–H and O–H groups in total. The fourth-order valence-electron chi connectivity index (χ4n) is 2.99. The van der Waals surface area contributed by atoms with Gasteiger partial charge in [-0.05, 0) is 32.3 Å². The number of hydrogen-bond donors (Lipinski definition) is 0. The predicted octanol–water partition coefficient (Wildman–Crippen LogP) is 2.92. The fraction of sp³-hybridized carbons (Fsp3) is 0.538. The molecule has 0 radical (unpaired) electrons. The molecule has 0 spiro atoms. The van der Waals surface area contributed by atoms with Crippen LogP contribution in [0.5, 0.6) is 0 Å². The molecule has 0 aromatic heterocycles. The minimum absolute atomic E-state index is 0.0138. The van der Waals surface area contributed by atoms with Crippen molar-refractivity contribution in [3.8, 4) is 0 Å². The van der Waals surface area contributed by atoms with E-state index in [0.29, 0.717) is 12.3 Å². The molecule has 15 heavy (non-hydrogen) atoms. The molecule has 3 aliphatic rings. The summed E-state index contributed by atoms with van der Waals surface area (Å²) < 4.78 is 5.82. The molecule has 0 amide bonds. The van der Waals surface area contributed by atoms with Crippen LogP contribution in [0, 0.1) is 0 Å². The van der Waals surface area contributed by atoms with Gasteiger partial charge in [0, 0.05) is 6.04 Å². The van der Waals surface area contributed by atoms with Crippen molar-refractivity contribution in [2.24, 2.45) is 0 Å². The molecule has 3 aliphatic heterocycles. The second-order valence-electron chi connectivity index (χ2n) is 4.78. The molecule has 1 aromatic rings. The largest absolute Gasteiger partial charge is 0.342 e. The fourth-order valence-corrected chi connectivity index (χ4v) is 2.99. The molecule has 2 bridgehead atoms. The van der Waals surface area contributed by atoms with Gasteiger partial charge < -0.3 is 4.74 Å². The highest BCUT2D eigenvalue weighted by Crippen LogP contribution is 2.51. The second kappa shape index (κ2) is 3.06. The summed E-state index contributed by atoms with van der Waals surface area (Å²) in [7, 11) is 0. The summed E-state index contributed by atoms with van der Waals surface area (Å²) in [6, 6.07) is 11.2. The van der Waals surface area contributed by atoms with Gasteiger partial charge >= 0.3 is 0 Å². The smallest absolute Gasteiger partial charge is 0.123 e. The van der Waals surface area contributed by atoms with E-state index in [1.807, 2.05) is 0 Å². The number of rotatable bonds is 2. The molecule has 1 aromatic carbocycles. The van der Waals surface area contributed by atoms with E-state index in [4.69, 9.17) is 4.74 Å². The van der Waals surface area contributed by atoms with Crippen molar-refractivity contribution in [3.05, 3.63) is 35.9 Å². The maximum atomic E-state index is 5.82. The molecule has 3 heterocycles. The van der Waals surface area contributed by atoms with Crippen LogP contribution in [-0.4, -0.2) is 16.9 Å². The summed E-state index contributed by atoms with van der Waals surface area (Å²) >= 11 is 0. The monoisotopic (exact) mass is 203 g/mol. The Morgan fingerprint density at radius 2 is 2.13 bits per heavy atom. The Bertz CT molecular complexity index is 360.